The number of likely N-dealkylation sites (tertiary alicyclic amines) is 1. The van der Waals surface area contributed by atoms with Crippen LogP contribution < -0.4 is 5.32 Å². The van der Waals surface area contributed by atoms with Crippen LogP contribution in [0.2, 0.25) is 0 Å². The fourth-order valence-electron chi connectivity index (χ4n) is 2.30. The van der Waals surface area contributed by atoms with E-state index in [0.717, 1.165) is 6.42 Å². The Hall–Kier alpha value is -1.10. The van der Waals surface area contributed by atoms with Crippen molar-refractivity contribution in [2.75, 3.05) is 13.1 Å². The van der Waals surface area contributed by atoms with E-state index in [4.69, 9.17) is 0 Å². The number of likely N-dealkylation sites (N-methyl/N-ethyl adjacent to an activating group) is 1. The quantitative estimate of drug-likeness (QED) is 0.733. The summed E-state index contributed by atoms with van der Waals surface area (Å²) in [5.74, 6) is -0.946. The maximum atomic E-state index is 11.7. The second kappa shape index (κ2) is 4.82. The zero-order valence-corrected chi connectivity index (χ0v) is 10.1. The molecule has 1 rings (SSSR count). The van der Waals surface area contributed by atoms with Crippen LogP contribution in [-0.2, 0) is 9.59 Å². The average Bonchev–Trinajstić information content (AvgIpc) is 2.61. The van der Waals surface area contributed by atoms with Crippen molar-refractivity contribution < 1.29 is 14.7 Å². The second-order valence-electron chi connectivity index (χ2n) is 4.45. The molecule has 1 saturated heterocycles. The number of carboxylic acid groups (broad SMARTS) is 1. The molecule has 0 aromatic carbocycles. The van der Waals surface area contributed by atoms with Gasteiger partial charge in [0, 0.05) is 13.1 Å². The standard InChI is InChI=1S/C11H20N2O3/c1-4-12-9(14)8(2)13-7-5-6-11(13,3)10(15)16/h8H,4-7H2,1-3H3,(H,12,14)(H,15,16). The third kappa shape index (κ3) is 2.19. The van der Waals surface area contributed by atoms with Crippen molar-refractivity contribution in [2.24, 2.45) is 0 Å². The van der Waals surface area contributed by atoms with E-state index in [9.17, 15) is 14.7 Å². The Morgan fingerprint density at radius 3 is 2.69 bits per heavy atom. The van der Waals surface area contributed by atoms with Crippen LogP contribution in [0.15, 0.2) is 0 Å². The molecule has 1 aliphatic heterocycles. The third-order valence-electron chi connectivity index (χ3n) is 3.36. The molecule has 5 nitrogen and oxygen atoms in total. The molecule has 0 aromatic heterocycles. The van der Waals surface area contributed by atoms with Crippen molar-refractivity contribution in [3.05, 3.63) is 0 Å². The lowest BCUT2D eigenvalue weighted by Crippen LogP contribution is -2.56. The van der Waals surface area contributed by atoms with Gasteiger partial charge < -0.3 is 10.4 Å². The van der Waals surface area contributed by atoms with E-state index in [1.165, 1.54) is 0 Å². The zero-order chi connectivity index (χ0) is 12.3. The van der Waals surface area contributed by atoms with Gasteiger partial charge >= 0.3 is 5.97 Å². The van der Waals surface area contributed by atoms with Crippen molar-refractivity contribution in [3.63, 3.8) is 0 Å². The van der Waals surface area contributed by atoms with Crippen molar-refractivity contribution in [3.8, 4) is 0 Å². The van der Waals surface area contributed by atoms with Gasteiger partial charge in [-0.05, 0) is 33.6 Å². The molecule has 1 amide bonds. The lowest BCUT2D eigenvalue weighted by molar-refractivity contribution is -0.151. The number of hydrogen-bond acceptors (Lipinski definition) is 3. The van der Waals surface area contributed by atoms with Crippen LogP contribution >= 0.6 is 0 Å². The van der Waals surface area contributed by atoms with Crippen LogP contribution in [0.3, 0.4) is 0 Å². The van der Waals surface area contributed by atoms with Crippen LogP contribution in [0.4, 0.5) is 0 Å². The highest BCUT2D eigenvalue weighted by molar-refractivity contribution is 5.84. The summed E-state index contributed by atoms with van der Waals surface area (Å²) in [6, 6.07) is -0.386. The van der Waals surface area contributed by atoms with E-state index in [2.05, 4.69) is 5.32 Å². The van der Waals surface area contributed by atoms with E-state index >= 15 is 0 Å². The van der Waals surface area contributed by atoms with Crippen LogP contribution in [0, 0.1) is 0 Å². The molecule has 1 fully saturated rings. The number of nitrogens with zero attached hydrogens (tertiary/aromatic N) is 1. The van der Waals surface area contributed by atoms with E-state index in [-0.39, 0.29) is 11.9 Å². The largest absolute Gasteiger partial charge is 0.480 e. The van der Waals surface area contributed by atoms with Crippen molar-refractivity contribution >= 4 is 11.9 Å². The third-order valence-corrected chi connectivity index (χ3v) is 3.36. The molecule has 0 spiro atoms. The molecule has 0 radical (unpaired) electrons. The molecule has 1 heterocycles. The minimum Gasteiger partial charge on any atom is -0.480 e. The molecule has 5 heteroatoms. The number of amides is 1. The average molecular weight is 228 g/mol. The van der Waals surface area contributed by atoms with Gasteiger partial charge in [0.2, 0.25) is 5.91 Å². The maximum Gasteiger partial charge on any atom is 0.323 e. The molecule has 2 N–H and O–H groups in total. The second-order valence-corrected chi connectivity index (χ2v) is 4.45. The number of carboxylic acids is 1. The lowest BCUT2D eigenvalue weighted by atomic mass is 9.98. The SMILES string of the molecule is CCNC(=O)C(C)N1CCCC1(C)C(=O)O. The Balaban J connectivity index is 2.79. The topological polar surface area (TPSA) is 69.6 Å². The maximum absolute atomic E-state index is 11.7. The molecule has 0 bridgehead atoms. The molecule has 16 heavy (non-hydrogen) atoms. The van der Waals surface area contributed by atoms with E-state index in [1.54, 1.807) is 18.7 Å². The summed E-state index contributed by atoms with van der Waals surface area (Å²) in [6.07, 6.45) is 1.43. The van der Waals surface area contributed by atoms with E-state index in [1.807, 2.05) is 6.92 Å². The van der Waals surface area contributed by atoms with E-state index < -0.39 is 11.5 Å². The molecule has 92 valence electrons. The molecular weight excluding hydrogens is 208 g/mol. The number of aliphatic carboxylic acids is 1. The summed E-state index contributed by atoms with van der Waals surface area (Å²) in [7, 11) is 0. The van der Waals surface area contributed by atoms with Gasteiger partial charge in [0.05, 0.1) is 6.04 Å². The number of carbonyl (C=O) groups excluding carboxylic acids is 1. The Kier molecular flexibility index (Phi) is 3.91. The summed E-state index contributed by atoms with van der Waals surface area (Å²) in [5, 5.41) is 12.0. The minimum absolute atomic E-state index is 0.100. The molecule has 2 atom stereocenters. The first-order valence-corrected chi connectivity index (χ1v) is 5.71. The van der Waals surface area contributed by atoms with Gasteiger partial charge in [0.15, 0.2) is 0 Å². The zero-order valence-electron chi connectivity index (χ0n) is 10.1. The predicted molar refractivity (Wildman–Crippen MR) is 60.1 cm³/mol. The minimum atomic E-state index is -0.898. The van der Waals surface area contributed by atoms with Gasteiger partial charge in [-0.2, -0.15) is 0 Å². The molecule has 2 unspecified atom stereocenters. The fraction of sp³-hybridized carbons (Fsp3) is 0.818. The first-order chi connectivity index (χ1) is 7.43. The molecule has 0 aliphatic carbocycles. The molecule has 1 aliphatic rings. The van der Waals surface area contributed by atoms with Crippen LogP contribution in [0.5, 0.6) is 0 Å². The van der Waals surface area contributed by atoms with Gasteiger partial charge in [0.25, 0.3) is 0 Å². The summed E-state index contributed by atoms with van der Waals surface area (Å²) >= 11 is 0. The smallest absolute Gasteiger partial charge is 0.323 e. The van der Waals surface area contributed by atoms with Crippen molar-refractivity contribution in [1.82, 2.24) is 10.2 Å². The summed E-state index contributed by atoms with van der Waals surface area (Å²) in [6.45, 7) is 6.54. The van der Waals surface area contributed by atoms with Gasteiger partial charge in [-0.25, -0.2) is 0 Å². The number of carbonyl (C=O) groups is 2. The normalized spacial score (nSPS) is 27.7. The van der Waals surface area contributed by atoms with E-state index in [0.29, 0.717) is 19.5 Å². The number of nitrogens with one attached hydrogen (secondary N) is 1. The predicted octanol–water partition coefficient (Wildman–Crippen LogP) is 0.450. The summed E-state index contributed by atoms with van der Waals surface area (Å²) < 4.78 is 0. The van der Waals surface area contributed by atoms with Crippen LogP contribution in [0.1, 0.15) is 33.6 Å². The van der Waals surface area contributed by atoms with Gasteiger partial charge in [0.1, 0.15) is 5.54 Å². The van der Waals surface area contributed by atoms with Crippen LogP contribution in [0.25, 0.3) is 0 Å². The highest BCUT2D eigenvalue weighted by atomic mass is 16.4. The first-order valence-electron chi connectivity index (χ1n) is 5.71. The van der Waals surface area contributed by atoms with Crippen molar-refractivity contribution in [2.45, 2.75) is 45.2 Å². The Bertz CT molecular complexity index is 293. The molecular formula is C11H20N2O3. The Morgan fingerprint density at radius 1 is 1.56 bits per heavy atom. The van der Waals surface area contributed by atoms with Crippen molar-refractivity contribution in [1.29, 1.82) is 0 Å². The fourth-order valence-corrected chi connectivity index (χ4v) is 2.30. The Morgan fingerprint density at radius 2 is 2.19 bits per heavy atom. The number of rotatable bonds is 4. The number of hydrogen-bond donors (Lipinski definition) is 2. The summed E-state index contributed by atoms with van der Waals surface area (Å²) in [4.78, 5) is 24.7. The monoisotopic (exact) mass is 228 g/mol. The van der Waals surface area contributed by atoms with Gasteiger partial charge in [-0.15, -0.1) is 0 Å². The molecule has 0 saturated carbocycles. The summed E-state index contributed by atoms with van der Waals surface area (Å²) in [5.41, 5.74) is -0.898. The first kappa shape index (κ1) is 13.0. The van der Waals surface area contributed by atoms with Crippen LogP contribution in [-0.4, -0.2) is 46.6 Å². The van der Waals surface area contributed by atoms with Gasteiger partial charge in [-0.3, -0.25) is 14.5 Å². The Labute approximate surface area is 95.8 Å². The lowest BCUT2D eigenvalue weighted by Gasteiger charge is -2.35. The highest BCUT2D eigenvalue weighted by Crippen LogP contribution is 2.31. The molecule has 0 aromatic rings. The highest BCUT2D eigenvalue weighted by Gasteiger charge is 2.46. The van der Waals surface area contributed by atoms with Gasteiger partial charge in [-0.1, -0.05) is 0 Å².